The second-order valence-electron chi connectivity index (χ2n) is 5.44. The van der Waals surface area contributed by atoms with Crippen molar-refractivity contribution in [1.29, 1.82) is 5.26 Å². The van der Waals surface area contributed by atoms with Gasteiger partial charge < -0.3 is 5.32 Å². The third-order valence-electron chi connectivity index (χ3n) is 4.16. The Morgan fingerprint density at radius 3 is 2.86 bits per heavy atom. The monoisotopic (exact) mass is 287 g/mol. The highest BCUT2D eigenvalue weighted by molar-refractivity contribution is 6.50. The molecule has 2 aromatic carbocycles. The number of nitriles is 1. The summed E-state index contributed by atoms with van der Waals surface area (Å²) in [4.78, 5) is 16.0. The molecule has 1 N–H and O–H groups in total. The molecule has 0 atom stereocenters. The summed E-state index contributed by atoms with van der Waals surface area (Å²) in [6.45, 7) is 3.03. The minimum Gasteiger partial charge on any atom is -0.385 e. The Kier molecular flexibility index (Phi) is 2.64. The van der Waals surface area contributed by atoms with E-state index in [9.17, 15) is 10.1 Å². The summed E-state index contributed by atoms with van der Waals surface area (Å²) in [6, 6.07) is 12.0. The lowest BCUT2D eigenvalue weighted by Gasteiger charge is -2.10. The van der Waals surface area contributed by atoms with Crippen LogP contribution in [0.4, 0.5) is 5.69 Å². The number of allylic oxidation sites excluding steroid dienone is 1. The number of carbonyl (C=O) groups excluding carboxylic acids is 1. The van der Waals surface area contributed by atoms with E-state index in [2.05, 4.69) is 23.3 Å². The van der Waals surface area contributed by atoms with E-state index in [0.717, 1.165) is 40.6 Å². The number of aliphatic imine (C=N–C) groups is 1. The molecule has 1 aliphatic heterocycles. The van der Waals surface area contributed by atoms with Gasteiger partial charge in [-0.1, -0.05) is 31.2 Å². The molecule has 0 saturated carbocycles. The second kappa shape index (κ2) is 4.54. The average molecular weight is 287 g/mol. The highest BCUT2D eigenvalue weighted by Gasteiger charge is 2.35. The molecule has 4 heteroatoms. The van der Waals surface area contributed by atoms with Crippen molar-refractivity contribution < 1.29 is 4.79 Å². The fourth-order valence-corrected chi connectivity index (χ4v) is 3.23. The molecular formula is C18H13N3O. The van der Waals surface area contributed by atoms with Gasteiger partial charge in [0.15, 0.2) is 0 Å². The number of hydrogen-bond acceptors (Lipinski definition) is 3. The van der Waals surface area contributed by atoms with Crippen LogP contribution < -0.4 is 5.32 Å². The molecule has 0 spiro atoms. The summed E-state index contributed by atoms with van der Waals surface area (Å²) in [7, 11) is 0. The normalized spacial score (nSPS) is 15.1. The van der Waals surface area contributed by atoms with Crippen LogP contribution in [0.2, 0.25) is 0 Å². The Bertz CT molecular complexity index is 945. The quantitative estimate of drug-likeness (QED) is 0.942. The molecule has 0 unspecified atom stereocenters. The van der Waals surface area contributed by atoms with Crippen LogP contribution in [0.15, 0.2) is 40.9 Å². The van der Waals surface area contributed by atoms with E-state index in [1.807, 2.05) is 30.3 Å². The molecule has 0 saturated heterocycles. The minimum absolute atomic E-state index is 0.154. The molecule has 0 fully saturated rings. The molecule has 2 aliphatic rings. The lowest BCUT2D eigenvalue weighted by Crippen LogP contribution is -2.00. The van der Waals surface area contributed by atoms with E-state index in [-0.39, 0.29) is 5.57 Å². The van der Waals surface area contributed by atoms with Gasteiger partial charge in [-0.2, -0.15) is 5.26 Å². The third kappa shape index (κ3) is 1.51. The summed E-state index contributed by atoms with van der Waals surface area (Å²) >= 11 is 0. The fourth-order valence-electron chi connectivity index (χ4n) is 3.23. The van der Waals surface area contributed by atoms with E-state index < -0.39 is 5.91 Å². The molecule has 4 nitrogen and oxygen atoms in total. The zero-order chi connectivity index (χ0) is 15.3. The van der Waals surface area contributed by atoms with Crippen LogP contribution in [-0.4, -0.2) is 18.2 Å². The number of nitrogens with zero attached hydrogens (tertiary/aromatic N) is 2. The number of fused-ring (bicyclic) bond motifs is 3. The van der Waals surface area contributed by atoms with Crippen LogP contribution in [0.25, 0.3) is 16.3 Å². The van der Waals surface area contributed by atoms with Crippen molar-refractivity contribution >= 4 is 33.7 Å². The summed E-state index contributed by atoms with van der Waals surface area (Å²) in [5, 5.41) is 14.9. The minimum atomic E-state index is -0.427. The maximum Gasteiger partial charge on any atom is 0.288 e. The van der Waals surface area contributed by atoms with Gasteiger partial charge in [0, 0.05) is 34.1 Å². The van der Waals surface area contributed by atoms with Gasteiger partial charge in [-0.15, -0.1) is 0 Å². The van der Waals surface area contributed by atoms with E-state index in [1.165, 1.54) is 0 Å². The number of hydrogen-bond donors (Lipinski definition) is 1. The van der Waals surface area contributed by atoms with Crippen LogP contribution >= 0.6 is 0 Å². The molecule has 0 radical (unpaired) electrons. The van der Waals surface area contributed by atoms with E-state index in [0.29, 0.717) is 11.3 Å². The Balaban J connectivity index is 2.04. The van der Waals surface area contributed by atoms with Crippen LogP contribution in [0, 0.1) is 11.3 Å². The van der Waals surface area contributed by atoms with Crippen molar-refractivity contribution in [3.8, 4) is 6.07 Å². The number of nitrogens with one attached hydrogen (secondary N) is 1. The molecule has 2 aromatic rings. The lowest BCUT2D eigenvalue weighted by atomic mass is 10.0. The Labute approximate surface area is 127 Å². The predicted molar refractivity (Wildman–Crippen MR) is 86.8 cm³/mol. The van der Waals surface area contributed by atoms with Crippen molar-refractivity contribution in [1.82, 2.24) is 0 Å². The first-order valence-electron chi connectivity index (χ1n) is 7.34. The smallest absolute Gasteiger partial charge is 0.288 e. The van der Waals surface area contributed by atoms with E-state index in [1.54, 1.807) is 0 Å². The summed E-state index contributed by atoms with van der Waals surface area (Å²) in [5.74, 6) is -0.427. The number of anilines is 1. The third-order valence-corrected chi connectivity index (χ3v) is 4.16. The van der Waals surface area contributed by atoms with Gasteiger partial charge in [-0.05, 0) is 18.1 Å². The van der Waals surface area contributed by atoms with Crippen molar-refractivity contribution in [2.45, 2.75) is 13.3 Å². The summed E-state index contributed by atoms with van der Waals surface area (Å²) in [6.07, 6.45) is 1.05. The predicted octanol–water partition coefficient (Wildman–Crippen LogP) is 3.28. The lowest BCUT2D eigenvalue weighted by molar-refractivity contribution is -0.113. The van der Waals surface area contributed by atoms with Gasteiger partial charge in [-0.25, -0.2) is 4.99 Å². The average Bonchev–Trinajstić information content (AvgIpc) is 3.02. The number of rotatable bonds is 3. The standard InChI is InChI=1S/C18H13N3O/c1-2-8-20-14-7-6-11-15-10(14)4-3-5-12(15)17-16(11)13(9-19)18(22)21-17/h3-7,20H,2,8H2,1H3. The first kappa shape index (κ1) is 12.8. The molecule has 106 valence electrons. The van der Waals surface area contributed by atoms with Crippen LogP contribution in [0.3, 0.4) is 0 Å². The maximum atomic E-state index is 11.9. The van der Waals surface area contributed by atoms with Gasteiger partial charge >= 0.3 is 0 Å². The first-order valence-corrected chi connectivity index (χ1v) is 7.34. The van der Waals surface area contributed by atoms with Crippen molar-refractivity contribution in [2.75, 3.05) is 11.9 Å². The van der Waals surface area contributed by atoms with Gasteiger partial charge in [0.2, 0.25) is 0 Å². The van der Waals surface area contributed by atoms with E-state index in [4.69, 9.17) is 0 Å². The second-order valence-corrected chi connectivity index (χ2v) is 5.44. The Morgan fingerprint density at radius 1 is 1.23 bits per heavy atom. The summed E-state index contributed by atoms with van der Waals surface area (Å²) < 4.78 is 0. The zero-order valence-corrected chi connectivity index (χ0v) is 12.1. The fraction of sp³-hybridized carbons (Fsp3) is 0.167. The van der Waals surface area contributed by atoms with E-state index >= 15 is 0 Å². The molecular weight excluding hydrogens is 274 g/mol. The van der Waals surface area contributed by atoms with Crippen LogP contribution in [0.1, 0.15) is 24.5 Å². The van der Waals surface area contributed by atoms with Gasteiger partial charge in [0.25, 0.3) is 5.91 Å². The number of carbonyl (C=O) groups is 1. The zero-order valence-electron chi connectivity index (χ0n) is 12.1. The van der Waals surface area contributed by atoms with Crippen LogP contribution in [0.5, 0.6) is 0 Å². The molecule has 22 heavy (non-hydrogen) atoms. The largest absolute Gasteiger partial charge is 0.385 e. The van der Waals surface area contributed by atoms with Gasteiger partial charge in [0.05, 0.1) is 5.71 Å². The van der Waals surface area contributed by atoms with Crippen molar-refractivity contribution in [2.24, 2.45) is 4.99 Å². The van der Waals surface area contributed by atoms with Gasteiger partial charge in [0.1, 0.15) is 11.6 Å². The molecule has 1 amide bonds. The Hall–Kier alpha value is -2.93. The topological polar surface area (TPSA) is 65.2 Å². The Morgan fingerprint density at radius 2 is 2.09 bits per heavy atom. The van der Waals surface area contributed by atoms with Crippen LogP contribution in [-0.2, 0) is 4.79 Å². The number of amides is 1. The molecule has 1 heterocycles. The van der Waals surface area contributed by atoms with Crippen molar-refractivity contribution in [3.63, 3.8) is 0 Å². The van der Waals surface area contributed by atoms with Crippen molar-refractivity contribution in [3.05, 3.63) is 47.0 Å². The van der Waals surface area contributed by atoms with Gasteiger partial charge in [-0.3, -0.25) is 4.79 Å². The molecule has 0 bridgehead atoms. The molecule has 0 aromatic heterocycles. The highest BCUT2D eigenvalue weighted by atomic mass is 16.1. The highest BCUT2D eigenvalue weighted by Crippen LogP contribution is 2.44. The number of benzene rings is 2. The molecule has 1 aliphatic carbocycles. The first-order chi connectivity index (χ1) is 10.8. The maximum absolute atomic E-state index is 11.9. The molecule has 4 rings (SSSR count). The summed E-state index contributed by atoms with van der Waals surface area (Å²) in [5.41, 5.74) is 4.46. The SMILES string of the molecule is CCCNc1ccc2c3c(cccc13)C1=NC(=O)C(C#N)=C12.